The number of amidine groups is 1. The van der Waals surface area contributed by atoms with Crippen LogP contribution in [-0.2, 0) is 4.79 Å². The second-order valence-electron chi connectivity index (χ2n) is 5.27. The van der Waals surface area contributed by atoms with Crippen LogP contribution >= 0.6 is 23.2 Å². The first-order valence-electron chi connectivity index (χ1n) is 7.26. The lowest BCUT2D eigenvalue weighted by Crippen LogP contribution is -2.44. The molecule has 1 aliphatic rings. The van der Waals surface area contributed by atoms with Gasteiger partial charge in [0.05, 0.1) is 10.7 Å². The molecule has 0 aromatic heterocycles. The summed E-state index contributed by atoms with van der Waals surface area (Å²) < 4.78 is 0. The molecule has 0 aliphatic carbocycles. The van der Waals surface area contributed by atoms with Crippen LogP contribution in [0.2, 0.25) is 10.0 Å². The van der Waals surface area contributed by atoms with Crippen LogP contribution in [0.15, 0.2) is 23.3 Å². The highest BCUT2D eigenvalue weighted by atomic mass is 35.5. The molecule has 0 spiro atoms. The van der Waals surface area contributed by atoms with Crippen molar-refractivity contribution in [3.05, 3.63) is 28.2 Å². The highest BCUT2D eigenvalue weighted by Gasteiger charge is 2.27. The van der Waals surface area contributed by atoms with E-state index in [2.05, 4.69) is 17.5 Å². The number of nitrogens with zero attached hydrogens (tertiary/aromatic N) is 2. The molecule has 1 saturated heterocycles. The number of carbonyl (C=O) groups is 1. The van der Waals surface area contributed by atoms with Gasteiger partial charge in [0, 0.05) is 17.5 Å². The molecule has 0 saturated carbocycles. The third kappa shape index (κ3) is 4.27. The van der Waals surface area contributed by atoms with Crippen molar-refractivity contribution in [2.24, 2.45) is 11.0 Å². The van der Waals surface area contributed by atoms with E-state index in [1.807, 2.05) is 4.90 Å². The van der Waals surface area contributed by atoms with Crippen LogP contribution in [0.25, 0.3) is 0 Å². The van der Waals surface area contributed by atoms with Crippen LogP contribution in [0.5, 0.6) is 0 Å². The van der Waals surface area contributed by atoms with Gasteiger partial charge in [-0.05, 0) is 37.5 Å². The summed E-state index contributed by atoms with van der Waals surface area (Å²) in [7, 11) is 0. The number of hydrazone groups is 1. The van der Waals surface area contributed by atoms with Gasteiger partial charge in [0.2, 0.25) is 0 Å². The highest BCUT2D eigenvalue weighted by Crippen LogP contribution is 2.27. The number of rotatable bonds is 5. The maximum absolute atomic E-state index is 11.0. The van der Waals surface area contributed by atoms with E-state index in [-0.39, 0.29) is 12.5 Å². The van der Waals surface area contributed by atoms with E-state index in [4.69, 9.17) is 28.3 Å². The molecule has 120 valence electrons. The molecule has 1 unspecified atom stereocenters. The fraction of sp³-hybridized carbons (Fsp3) is 0.467. The van der Waals surface area contributed by atoms with E-state index in [1.54, 1.807) is 18.2 Å². The Kier molecular flexibility index (Phi) is 5.91. The minimum absolute atomic E-state index is 0.0363. The molecule has 22 heavy (non-hydrogen) atoms. The first kappa shape index (κ1) is 16.9. The fourth-order valence-electron chi connectivity index (χ4n) is 2.60. The number of halogens is 2. The normalized spacial score (nSPS) is 20.2. The molecular formula is C15H19Cl2N3O2. The Bertz CT molecular complexity index is 578. The van der Waals surface area contributed by atoms with Gasteiger partial charge in [-0.1, -0.05) is 30.1 Å². The number of carboxylic acids is 1. The summed E-state index contributed by atoms with van der Waals surface area (Å²) >= 11 is 12.0. The minimum Gasteiger partial charge on any atom is -0.480 e. The van der Waals surface area contributed by atoms with Gasteiger partial charge in [-0.2, -0.15) is 5.10 Å². The minimum atomic E-state index is -0.853. The van der Waals surface area contributed by atoms with Crippen LogP contribution in [0.4, 0.5) is 5.69 Å². The van der Waals surface area contributed by atoms with Crippen molar-refractivity contribution in [1.29, 1.82) is 0 Å². The zero-order valence-electron chi connectivity index (χ0n) is 12.4. The molecule has 1 atom stereocenters. The van der Waals surface area contributed by atoms with Gasteiger partial charge in [-0.25, -0.2) is 0 Å². The predicted molar refractivity (Wildman–Crippen MR) is 89.7 cm³/mol. The van der Waals surface area contributed by atoms with Crippen molar-refractivity contribution >= 4 is 40.7 Å². The average molecular weight is 344 g/mol. The van der Waals surface area contributed by atoms with Crippen molar-refractivity contribution in [2.75, 3.05) is 18.5 Å². The van der Waals surface area contributed by atoms with Crippen molar-refractivity contribution < 1.29 is 9.90 Å². The van der Waals surface area contributed by atoms with Gasteiger partial charge in [0.1, 0.15) is 12.4 Å². The van der Waals surface area contributed by atoms with Crippen molar-refractivity contribution in [3.8, 4) is 0 Å². The Labute approximate surface area is 139 Å². The smallest absolute Gasteiger partial charge is 0.323 e. The van der Waals surface area contributed by atoms with Crippen LogP contribution < -0.4 is 5.43 Å². The van der Waals surface area contributed by atoms with E-state index in [9.17, 15) is 4.79 Å². The van der Waals surface area contributed by atoms with Crippen LogP contribution in [-0.4, -0.2) is 34.9 Å². The zero-order valence-corrected chi connectivity index (χ0v) is 13.9. The molecule has 2 N–H and O–H groups in total. The number of carboxylic acid groups (broad SMARTS) is 1. The topological polar surface area (TPSA) is 64.9 Å². The van der Waals surface area contributed by atoms with Crippen LogP contribution in [0.3, 0.4) is 0 Å². The maximum Gasteiger partial charge on any atom is 0.323 e. The summed E-state index contributed by atoms with van der Waals surface area (Å²) in [6.45, 7) is 2.75. The van der Waals surface area contributed by atoms with Gasteiger partial charge < -0.3 is 10.0 Å². The predicted octanol–water partition coefficient (Wildman–Crippen LogP) is 3.93. The summed E-state index contributed by atoms with van der Waals surface area (Å²) in [5.74, 6) is 0.183. The molecule has 7 heteroatoms. The molecule has 0 radical (unpaired) electrons. The van der Waals surface area contributed by atoms with Gasteiger partial charge in [-0.3, -0.25) is 10.2 Å². The van der Waals surface area contributed by atoms with E-state index < -0.39 is 5.97 Å². The number of nitrogens with one attached hydrogen (secondary N) is 1. The van der Waals surface area contributed by atoms with Crippen molar-refractivity contribution in [2.45, 2.75) is 26.2 Å². The van der Waals surface area contributed by atoms with E-state index in [0.29, 0.717) is 22.3 Å². The molecule has 1 aromatic carbocycles. The van der Waals surface area contributed by atoms with Gasteiger partial charge in [-0.15, -0.1) is 0 Å². The molecular weight excluding hydrogens is 325 g/mol. The largest absolute Gasteiger partial charge is 0.480 e. The zero-order chi connectivity index (χ0) is 16.1. The van der Waals surface area contributed by atoms with E-state index in [0.717, 1.165) is 25.1 Å². The first-order valence-corrected chi connectivity index (χ1v) is 8.02. The number of likely N-dealkylation sites (tertiary alicyclic amines) is 1. The average Bonchev–Trinajstić information content (AvgIpc) is 2.46. The van der Waals surface area contributed by atoms with Crippen molar-refractivity contribution in [1.82, 2.24) is 4.90 Å². The Morgan fingerprint density at radius 2 is 2.27 bits per heavy atom. The third-order valence-electron chi connectivity index (χ3n) is 3.71. The highest BCUT2D eigenvalue weighted by molar-refractivity contribution is 6.36. The van der Waals surface area contributed by atoms with Gasteiger partial charge in [0.15, 0.2) is 0 Å². The maximum atomic E-state index is 11.0. The van der Waals surface area contributed by atoms with E-state index >= 15 is 0 Å². The summed E-state index contributed by atoms with van der Waals surface area (Å²) in [4.78, 5) is 12.8. The lowest BCUT2D eigenvalue weighted by atomic mass is 9.94. The Hall–Kier alpha value is -1.46. The molecule has 1 fully saturated rings. The molecule has 1 aliphatic heterocycles. The lowest BCUT2D eigenvalue weighted by Gasteiger charge is -2.34. The number of aliphatic carboxylic acids is 1. The SMILES string of the molecule is CCC1CCCN(CC(=O)O)C1=NNc1ccc(Cl)cc1Cl. The number of benzene rings is 1. The Balaban J connectivity index is 2.20. The molecule has 0 amide bonds. The quantitative estimate of drug-likeness (QED) is 0.795. The summed E-state index contributed by atoms with van der Waals surface area (Å²) in [6, 6.07) is 5.11. The Morgan fingerprint density at radius 3 is 2.91 bits per heavy atom. The van der Waals surface area contributed by atoms with Gasteiger partial charge >= 0.3 is 5.97 Å². The second-order valence-corrected chi connectivity index (χ2v) is 6.11. The second kappa shape index (κ2) is 7.70. The molecule has 0 bridgehead atoms. The number of anilines is 1. The molecule has 1 heterocycles. The van der Waals surface area contributed by atoms with Crippen LogP contribution in [0, 0.1) is 5.92 Å². The standard InChI is InChI=1S/C15H19Cl2N3O2/c1-2-10-4-3-7-20(9-14(21)22)15(10)19-18-13-6-5-11(16)8-12(13)17/h5-6,8,10,18H,2-4,7,9H2,1H3,(H,21,22). The molecule has 5 nitrogen and oxygen atoms in total. The van der Waals surface area contributed by atoms with Gasteiger partial charge in [0.25, 0.3) is 0 Å². The number of hydrogen-bond donors (Lipinski definition) is 2. The monoisotopic (exact) mass is 343 g/mol. The summed E-state index contributed by atoms with van der Waals surface area (Å²) in [5, 5.41) is 14.5. The third-order valence-corrected chi connectivity index (χ3v) is 4.26. The van der Waals surface area contributed by atoms with Crippen molar-refractivity contribution in [3.63, 3.8) is 0 Å². The fourth-order valence-corrected chi connectivity index (χ4v) is 3.05. The lowest BCUT2D eigenvalue weighted by molar-refractivity contribution is -0.137. The Morgan fingerprint density at radius 1 is 1.50 bits per heavy atom. The first-order chi connectivity index (χ1) is 10.5. The summed E-state index contributed by atoms with van der Waals surface area (Å²) in [6.07, 6.45) is 2.92. The van der Waals surface area contributed by atoms with E-state index in [1.165, 1.54) is 0 Å². The molecule has 1 aromatic rings. The number of piperidine rings is 1. The summed E-state index contributed by atoms with van der Waals surface area (Å²) in [5.41, 5.74) is 3.59. The molecule has 2 rings (SSSR count). The van der Waals surface area contributed by atoms with Crippen LogP contribution in [0.1, 0.15) is 26.2 Å². The number of hydrogen-bond acceptors (Lipinski definition) is 3.